The molecule has 0 fully saturated rings. The summed E-state index contributed by atoms with van der Waals surface area (Å²) in [5, 5.41) is 7.64. The van der Waals surface area contributed by atoms with Crippen molar-refractivity contribution in [3.05, 3.63) is 11.9 Å². The van der Waals surface area contributed by atoms with Gasteiger partial charge >= 0.3 is 0 Å². The van der Waals surface area contributed by atoms with E-state index in [1.54, 1.807) is 27.2 Å². The Morgan fingerprint density at radius 1 is 1.71 bits per heavy atom. The van der Waals surface area contributed by atoms with Crippen molar-refractivity contribution < 1.29 is 4.79 Å². The first-order valence-corrected chi connectivity index (χ1v) is 4.38. The molecule has 0 aromatic carbocycles. The Morgan fingerprint density at radius 2 is 2.36 bits per heavy atom. The molecule has 0 aliphatic heterocycles. The van der Waals surface area contributed by atoms with Crippen LogP contribution < -0.4 is 5.73 Å². The zero-order valence-electron chi connectivity index (χ0n) is 8.64. The largest absolute Gasteiger partial charge is 0.347 e. The number of carbonyl (C=O) groups is 1. The lowest BCUT2D eigenvalue weighted by Crippen LogP contribution is -2.30. The predicted molar refractivity (Wildman–Crippen MR) is 51.3 cm³/mol. The number of nitrogens with two attached hydrogens (primary N) is 1. The fourth-order valence-electron chi connectivity index (χ4n) is 1.08. The Morgan fingerprint density at radius 3 is 2.79 bits per heavy atom. The maximum Gasteiger partial charge on any atom is 0.246 e. The Bertz CT molecular complexity index is 319. The molecule has 0 radical (unpaired) electrons. The zero-order valence-corrected chi connectivity index (χ0v) is 8.64. The lowest BCUT2D eigenvalue weighted by atomic mass is 10.3. The van der Waals surface area contributed by atoms with Gasteiger partial charge in [-0.15, -0.1) is 5.10 Å². The first-order valence-electron chi connectivity index (χ1n) is 4.38. The monoisotopic (exact) mass is 197 g/mol. The second-order valence-electron chi connectivity index (χ2n) is 3.30. The second kappa shape index (κ2) is 4.19. The molecule has 1 unspecified atom stereocenters. The van der Waals surface area contributed by atoms with Crippen LogP contribution in [-0.2, 0) is 11.3 Å². The molecule has 1 atom stereocenters. The van der Waals surface area contributed by atoms with E-state index in [1.807, 2.05) is 0 Å². The summed E-state index contributed by atoms with van der Waals surface area (Å²) in [6.45, 7) is 2.11. The van der Waals surface area contributed by atoms with Crippen molar-refractivity contribution in [3.63, 3.8) is 0 Å². The zero-order chi connectivity index (χ0) is 10.7. The third kappa shape index (κ3) is 2.08. The number of hydrogen-bond acceptors (Lipinski definition) is 4. The molecule has 1 aromatic heterocycles. The van der Waals surface area contributed by atoms with Gasteiger partial charge in [0.2, 0.25) is 5.91 Å². The van der Waals surface area contributed by atoms with Crippen molar-refractivity contribution >= 4 is 5.91 Å². The number of likely N-dealkylation sites (N-methyl/N-ethyl adjacent to an activating group) is 1. The first-order chi connectivity index (χ1) is 6.56. The van der Waals surface area contributed by atoms with Gasteiger partial charge in [0.15, 0.2) is 0 Å². The number of carbonyl (C=O) groups excluding carboxylic acids is 1. The molecule has 0 bridgehead atoms. The Labute approximate surface area is 82.7 Å². The van der Waals surface area contributed by atoms with Crippen LogP contribution in [0.5, 0.6) is 0 Å². The molecule has 14 heavy (non-hydrogen) atoms. The van der Waals surface area contributed by atoms with Gasteiger partial charge in [-0.05, 0) is 6.92 Å². The fourth-order valence-corrected chi connectivity index (χ4v) is 1.08. The molecule has 6 heteroatoms. The van der Waals surface area contributed by atoms with E-state index in [4.69, 9.17) is 5.73 Å². The highest BCUT2D eigenvalue weighted by molar-refractivity contribution is 5.79. The van der Waals surface area contributed by atoms with Crippen LogP contribution in [0.3, 0.4) is 0 Å². The summed E-state index contributed by atoms with van der Waals surface area (Å²) < 4.78 is 1.52. The van der Waals surface area contributed by atoms with Gasteiger partial charge in [0, 0.05) is 20.6 Å². The van der Waals surface area contributed by atoms with E-state index in [1.165, 1.54) is 9.58 Å². The highest BCUT2D eigenvalue weighted by Gasteiger charge is 2.17. The number of aromatic nitrogens is 3. The Balaban J connectivity index is 2.78. The maximum absolute atomic E-state index is 11.5. The van der Waals surface area contributed by atoms with E-state index < -0.39 is 0 Å². The minimum absolute atomic E-state index is 0.0153. The number of amides is 1. The molecular formula is C8H15N5O. The third-order valence-corrected chi connectivity index (χ3v) is 1.96. The van der Waals surface area contributed by atoms with E-state index >= 15 is 0 Å². The van der Waals surface area contributed by atoms with Crippen LogP contribution in [0.15, 0.2) is 6.20 Å². The molecule has 0 saturated heterocycles. The minimum atomic E-state index is -0.335. The normalized spacial score (nSPS) is 12.6. The summed E-state index contributed by atoms with van der Waals surface area (Å²) in [6, 6.07) is -0.335. The van der Waals surface area contributed by atoms with E-state index in [0.717, 1.165) is 0 Å². The molecule has 0 saturated carbocycles. The molecule has 1 rings (SSSR count). The second-order valence-corrected chi connectivity index (χ2v) is 3.30. The predicted octanol–water partition coefficient (Wildman–Crippen LogP) is -0.614. The number of hydrogen-bond donors (Lipinski definition) is 1. The smallest absolute Gasteiger partial charge is 0.246 e. The van der Waals surface area contributed by atoms with Crippen molar-refractivity contribution in [2.45, 2.75) is 19.5 Å². The standard InChI is InChI=1S/C8H15N5O/c1-6(8(14)12(2)3)13-5-7(4-9)10-11-13/h5-6H,4,9H2,1-3H3. The van der Waals surface area contributed by atoms with Crippen LogP contribution >= 0.6 is 0 Å². The summed E-state index contributed by atoms with van der Waals surface area (Å²) in [6.07, 6.45) is 1.69. The van der Waals surface area contributed by atoms with E-state index in [-0.39, 0.29) is 11.9 Å². The Hall–Kier alpha value is -1.43. The summed E-state index contributed by atoms with van der Waals surface area (Å²) in [5.74, 6) is -0.0153. The highest BCUT2D eigenvalue weighted by atomic mass is 16.2. The van der Waals surface area contributed by atoms with Crippen molar-refractivity contribution in [3.8, 4) is 0 Å². The number of nitrogens with zero attached hydrogens (tertiary/aromatic N) is 4. The van der Waals surface area contributed by atoms with Gasteiger partial charge < -0.3 is 10.6 Å². The Kier molecular flexibility index (Phi) is 3.19. The summed E-state index contributed by atoms with van der Waals surface area (Å²) in [7, 11) is 3.42. The van der Waals surface area contributed by atoms with Crippen molar-refractivity contribution in [1.82, 2.24) is 19.9 Å². The third-order valence-electron chi connectivity index (χ3n) is 1.96. The molecule has 1 amide bonds. The molecule has 78 valence electrons. The van der Waals surface area contributed by atoms with Gasteiger partial charge in [0.1, 0.15) is 6.04 Å². The quantitative estimate of drug-likeness (QED) is 0.701. The topological polar surface area (TPSA) is 77.0 Å². The van der Waals surface area contributed by atoms with Crippen LogP contribution in [0.1, 0.15) is 18.7 Å². The molecule has 0 aliphatic carbocycles. The molecule has 0 spiro atoms. The lowest BCUT2D eigenvalue weighted by molar-refractivity contribution is -0.132. The molecule has 6 nitrogen and oxygen atoms in total. The van der Waals surface area contributed by atoms with Gasteiger partial charge in [0.25, 0.3) is 0 Å². The average molecular weight is 197 g/mol. The van der Waals surface area contributed by atoms with Gasteiger partial charge in [-0.3, -0.25) is 4.79 Å². The van der Waals surface area contributed by atoms with Gasteiger partial charge in [-0.25, -0.2) is 4.68 Å². The van der Waals surface area contributed by atoms with Crippen molar-refractivity contribution in [1.29, 1.82) is 0 Å². The van der Waals surface area contributed by atoms with Crippen LogP contribution in [0, 0.1) is 0 Å². The summed E-state index contributed by atoms with van der Waals surface area (Å²) in [5.41, 5.74) is 6.07. The highest BCUT2D eigenvalue weighted by Crippen LogP contribution is 2.06. The van der Waals surface area contributed by atoms with Gasteiger partial charge in [-0.1, -0.05) is 5.21 Å². The van der Waals surface area contributed by atoms with Crippen LogP contribution in [0.25, 0.3) is 0 Å². The van der Waals surface area contributed by atoms with Crippen molar-refractivity contribution in [2.75, 3.05) is 14.1 Å². The maximum atomic E-state index is 11.5. The van der Waals surface area contributed by atoms with Crippen LogP contribution in [0.2, 0.25) is 0 Å². The average Bonchev–Trinajstić information content (AvgIpc) is 2.63. The van der Waals surface area contributed by atoms with Gasteiger partial charge in [-0.2, -0.15) is 0 Å². The first kappa shape index (κ1) is 10.6. The van der Waals surface area contributed by atoms with Crippen molar-refractivity contribution in [2.24, 2.45) is 5.73 Å². The molecule has 2 N–H and O–H groups in total. The van der Waals surface area contributed by atoms with Crippen LogP contribution in [0.4, 0.5) is 0 Å². The van der Waals surface area contributed by atoms with E-state index in [2.05, 4.69) is 10.3 Å². The summed E-state index contributed by atoms with van der Waals surface area (Å²) in [4.78, 5) is 13.1. The molecule has 1 aromatic rings. The molecule has 1 heterocycles. The van der Waals surface area contributed by atoms with E-state index in [9.17, 15) is 4.79 Å². The van der Waals surface area contributed by atoms with Crippen LogP contribution in [-0.4, -0.2) is 39.9 Å². The fraction of sp³-hybridized carbons (Fsp3) is 0.625. The molecular weight excluding hydrogens is 182 g/mol. The summed E-state index contributed by atoms with van der Waals surface area (Å²) >= 11 is 0. The minimum Gasteiger partial charge on any atom is -0.347 e. The molecule has 0 aliphatic rings. The van der Waals surface area contributed by atoms with Gasteiger partial charge in [0.05, 0.1) is 11.9 Å². The van der Waals surface area contributed by atoms with E-state index in [0.29, 0.717) is 12.2 Å². The lowest BCUT2D eigenvalue weighted by Gasteiger charge is -2.16. The SMILES string of the molecule is CC(C(=O)N(C)C)n1cc(CN)nn1. The number of rotatable bonds is 3.